The molecule has 0 radical (unpaired) electrons. The Balaban J connectivity index is 2.03. The Morgan fingerprint density at radius 2 is 2.29 bits per heavy atom. The summed E-state index contributed by atoms with van der Waals surface area (Å²) in [6.45, 7) is 3.71. The standard InChI is InChI=1S/C17H20N2O5/c1-3-23-17(22)15-13-8-24-16-11(10(2)14(21)7-20)5-4-6-12(16)19(13)9-18-15/h4-6,9-10,14,20-21H,3,7-8H2,1-2H3. The molecule has 0 amide bonds. The number of imidazole rings is 1. The number of aromatic nitrogens is 2. The third-order valence-electron chi connectivity index (χ3n) is 4.23. The normalized spacial score (nSPS) is 15.0. The predicted octanol–water partition coefficient (Wildman–Crippen LogP) is 1.40. The van der Waals surface area contributed by atoms with E-state index in [-0.39, 0.29) is 31.4 Å². The SMILES string of the molecule is CCOC(=O)c1ncn2c1COc1c(C(C)C(O)CO)cccc1-2. The first-order valence-corrected chi connectivity index (χ1v) is 7.86. The first-order chi connectivity index (χ1) is 11.6. The molecular weight excluding hydrogens is 312 g/mol. The van der Waals surface area contributed by atoms with E-state index < -0.39 is 12.1 Å². The van der Waals surface area contributed by atoms with Crippen LogP contribution < -0.4 is 4.74 Å². The zero-order valence-corrected chi connectivity index (χ0v) is 13.6. The summed E-state index contributed by atoms with van der Waals surface area (Å²) >= 11 is 0. The summed E-state index contributed by atoms with van der Waals surface area (Å²) in [6, 6.07) is 5.56. The fraction of sp³-hybridized carbons (Fsp3) is 0.412. The smallest absolute Gasteiger partial charge is 0.358 e. The van der Waals surface area contributed by atoms with Crippen molar-refractivity contribution < 1.29 is 24.5 Å². The van der Waals surface area contributed by atoms with Gasteiger partial charge >= 0.3 is 5.97 Å². The van der Waals surface area contributed by atoms with Crippen LogP contribution in [0.4, 0.5) is 0 Å². The Kier molecular flexibility index (Phi) is 4.55. The molecule has 1 aliphatic heterocycles. The summed E-state index contributed by atoms with van der Waals surface area (Å²) in [4.78, 5) is 16.1. The molecular formula is C17H20N2O5. The number of aliphatic hydroxyl groups is 2. The molecule has 3 rings (SSSR count). The molecule has 0 saturated carbocycles. The van der Waals surface area contributed by atoms with Gasteiger partial charge in [-0.25, -0.2) is 9.78 Å². The van der Waals surface area contributed by atoms with Crippen molar-refractivity contribution in [2.45, 2.75) is 32.5 Å². The van der Waals surface area contributed by atoms with Gasteiger partial charge in [0.1, 0.15) is 18.7 Å². The van der Waals surface area contributed by atoms with Crippen molar-refractivity contribution in [1.29, 1.82) is 0 Å². The molecule has 2 aromatic rings. The maximum Gasteiger partial charge on any atom is 0.358 e. The number of nitrogens with zero attached hydrogens (tertiary/aromatic N) is 2. The molecule has 2 heterocycles. The van der Waals surface area contributed by atoms with Crippen molar-refractivity contribution in [2.24, 2.45) is 0 Å². The maximum absolute atomic E-state index is 12.0. The van der Waals surface area contributed by atoms with Gasteiger partial charge in [0, 0.05) is 11.5 Å². The van der Waals surface area contributed by atoms with Crippen LogP contribution in [-0.4, -0.2) is 45.1 Å². The Hall–Kier alpha value is -2.38. The van der Waals surface area contributed by atoms with E-state index in [1.54, 1.807) is 17.8 Å². The number of benzene rings is 1. The van der Waals surface area contributed by atoms with Crippen LogP contribution in [0.1, 0.15) is 41.5 Å². The van der Waals surface area contributed by atoms with Gasteiger partial charge in [-0.2, -0.15) is 0 Å². The van der Waals surface area contributed by atoms with Crippen LogP contribution in [0.5, 0.6) is 5.75 Å². The van der Waals surface area contributed by atoms with E-state index in [4.69, 9.17) is 9.47 Å². The zero-order chi connectivity index (χ0) is 17.3. The van der Waals surface area contributed by atoms with Gasteiger partial charge in [-0.05, 0) is 13.0 Å². The molecule has 7 nitrogen and oxygen atoms in total. The van der Waals surface area contributed by atoms with Crippen LogP contribution in [0.2, 0.25) is 0 Å². The van der Waals surface area contributed by atoms with Crippen molar-refractivity contribution in [1.82, 2.24) is 9.55 Å². The van der Waals surface area contributed by atoms with E-state index in [0.29, 0.717) is 11.4 Å². The first-order valence-electron chi connectivity index (χ1n) is 7.86. The van der Waals surface area contributed by atoms with Gasteiger partial charge in [0.05, 0.1) is 30.7 Å². The highest BCUT2D eigenvalue weighted by Crippen LogP contribution is 2.38. The van der Waals surface area contributed by atoms with Crippen LogP contribution >= 0.6 is 0 Å². The monoisotopic (exact) mass is 332 g/mol. The zero-order valence-electron chi connectivity index (χ0n) is 13.6. The second-order valence-electron chi connectivity index (χ2n) is 5.65. The van der Waals surface area contributed by atoms with Crippen LogP contribution in [0, 0.1) is 0 Å². The summed E-state index contributed by atoms with van der Waals surface area (Å²) in [5, 5.41) is 19.1. The Labute approximate surface area is 139 Å². The number of ether oxygens (including phenoxy) is 2. The highest BCUT2D eigenvalue weighted by molar-refractivity contribution is 5.89. The highest BCUT2D eigenvalue weighted by Gasteiger charge is 2.29. The molecule has 0 bridgehead atoms. The molecule has 24 heavy (non-hydrogen) atoms. The summed E-state index contributed by atoms with van der Waals surface area (Å²) < 4.78 is 12.7. The van der Waals surface area contributed by atoms with Crippen LogP contribution in [-0.2, 0) is 11.3 Å². The number of hydrogen-bond donors (Lipinski definition) is 2. The number of rotatable bonds is 5. The van der Waals surface area contributed by atoms with E-state index in [9.17, 15) is 15.0 Å². The van der Waals surface area contributed by atoms with E-state index in [1.165, 1.54) is 0 Å². The number of hydrogen-bond acceptors (Lipinski definition) is 6. The minimum atomic E-state index is -0.876. The third kappa shape index (κ3) is 2.65. The summed E-state index contributed by atoms with van der Waals surface area (Å²) in [5.74, 6) is -0.143. The van der Waals surface area contributed by atoms with Gasteiger partial charge in [-0.15, -0.1) is 0 Å². The van der Waals surface area contributed by atoms with E-state index in [1.807, 2.05) is 25.1 Å². The largest absolute Gasteiger partial charge is 0.485 e. The van der Waals surface area contributed by atoms with Gasteiger partial charge in [-0.3, -0.25) is 4.57 Å². The van der Waals surface area contributed by atoms with Gasteiger partial charge in [0.2, 0.25) is 0 Å². The van der Waals surface area contributed by atoms with Gasteiger partial charge in [0.15, 0.2) is 5.69 Å². The average molecular weight is 332 g/mol. The molecule has 0 spiro atoms. The van der Waals surface area contributed by atoms with Gasteiger partial charge in [-0.1, -0.05) is 19.1 Å². The Bertz CT molecular complexity index is 755. The lowest BCUT2D eigenvalue weighted by atomic mass is 9.94. The number of carbonyl (C=O) groups excluding carboxylic acids is 1. The third-order valence-corrected chi connectivity index (χ3v) is 4.23. The van der Waals surface area contributed by atoms with Crippen LogP contribution in [0.15, 0.2) is 24.5 Å². The summed E-state index contributed by atoms with van der Waals surface area (Å²) in [6.07, 6.45) is 0.694. The average Bonchev–Trinajstić information content (AvgIpc) is 3.04. The molecule has 1 aromatic heterocycles. The molecule has 0 fully saturated rings. The second kappa shape index (κ2) is 6.62. The van der Waals surface area contributed by atoms with Crippen LogP contribution in [0.3, 0.4) is 0 Å². The minimum absolute atomic E-state index is 0.181. The summed E-state index contributed by atoms with van der Waals surface area (Å²) in [7, 11) is 0. The molecule has 2 atom stereocenters. The number of fused-ring (bicyclic) bond motifs is 3. The molecule has 128 valence electrons. The fourth-order valence-corrected chi connectivity index (χ4v) is 2.84. The van der Waals surface area contributed by atoms with Crippen molar-refractivity contribution in [3.05, 3.63) is 41.5 Å². The van der Waals surface area contributed by atoms with Crippen LogP contribution in [0.25, 0.3) is 5.69 Å². The quantitative estimate of drug-likeness (QED) is 0.804. The Morgan fingerprint density at radius 1 is 1.50 bits per heavy atom. The lowest BCUT2D eigenvalue weighted by Gasteiger charge is -2.26. The molecule has 0 aliphatic carbocycles. The van der Waals surface area contributed by atoms with Gasteiger partial charge in [0.25, 0.3) is 0 Å². The number of aliphatic hydroxyl groups excluding tert-OH is 2. The van der Waals surface area contributed by atoms with Gasteiger partial charge < -0.3 is 19.7 Å². The van der Waals surface area contributed by atoms with E-state index in [2.05, 4.69) is 4.98 Å². The number of para-hydroxylation sites is 1. The van der Waals surface area contributed by atoms with Crippen molar-refractivity contribution in [2.75, 3.05) is 13.2 Å². The fourth-order valence-electron chi connectivity index (χ4n) is 2.84. The molecule has 2 N–H and O–H groups in total. The van der Waals surface area contributed by atoms with Crippen molar-refractivity contribution >= 4 is 5.97 Å². The van der Waals surface area contributed by atoms with E-state index in [0.717, 1.165) is 11.3 Å². The molecule has 1 aliphatic rings. The number of carbonyl (C=O) groups is 1. The second-order valence-corrected chi connectivity index (χ2v) is 5.65. The highest BCUT2D eigenvalue weighted by atomic mass is 16.5. The minimum Gasteiger partial charge on any atom is -0.485 e. The molecule has 0 saturated heterocycles. The molecule has 7 heteroatoms. The van der Waals surface area contributed by atoms with E-state index >= 15 is 0 Å². The molecule has 1 aromatic carbocycles. The first kappa shape index (κ1) is 16.5. The Morgan fingerprint density at radius 3 is 3.00 bits per heavy atom. The maximum atomic E-state index is 12.0. The lowest BCUT2D eigenvalue weighted by Crippen LogP contribution is -2.23. The predicted molar refractivity (Wildman–Crippen MR) is 85.4 cm³/mol. The van der Waals surface area contributed by atoms with Crippen molar-refractivity contribution in [3.8, 4) is 11.4 Å². The topological polar surface area (TPSA) is 93.8 Å². The number of esters is 1. The molecule has 2 unspecified atom stereocenters. The van der Waals surface area contributed by atoms with Crippen molar-refractivity contribution in [3.63, 3.8) is 0 Å². The summed E-state index contributed by atoms with van der Waals surface area (Å²) in [5.41, 5.74) is 2.42. The lowest BCUT2D eigenvalue weighted by molar-refractivity contribution is 0.0516.